The minimum Gasteiger partial charge on any atom is -0.382 e. The van der Waals surface area contributed by atoms with E-state index in [1.54, 1.807) is 12.3 Å². The largest absolute Gasteiger partial charge is 0.382 e. The smallest absolute Gasteiger partial charge is 0.226 e. The molecule has 2 heterocycles. The molecule has 1 atom stereocenters. The third kappa shape index (κ3) is 2.88. The van der Waals surface area contributed by atoms with Gasteiger partial charge in [0.15, 0.2) is 0 Å². The van der Waals surface area contributed by atoms with E-state index in [-0.39, 0.29) is 5.84 Å². The van der Waals surface area contributed by atoms with E-state index in [9.17, 15) is 0 Å². The van der Waals surface area contributed by atoms with Gasteiger partial charge in [-0.05, 0) is 12.5 Å². The predicted octanol–water partition coefficient (Wildman–Crippen LogP) is 1.09. The van der Waals surface area contributed by atoms with Gasteiger partial charge in [0, 0.05) is 30.3 Å². The van der Waals surface area contributed by atoms with Crippen LogP contribution in [0, 0.1) is 5.41 Å². The molecule has 1 aliphatic heterocycles. The van der Waals surface area contributed by atoms with Crippen molar-refractivity contribution in [3.8, 4) is 0 Å². The van der Waals surface area contributed by atoms with Crippen LogP contribution in [0.25, 0.3) is 0 Å². The van der Waals surface area contributed by atoms with Gasteiger partial charge in [-0.25, -0.2) is 9.97 Å². The molecular formula is C11H17N5S. The summed E-state index contributed by atoms with van der Waals surface area (Å²) in [5, 5.41) is 8.03. The highest BCUT2D eigenvalue weighted by atomic mass is 32.2. The maximum Gasteiger partial charge on any atom is 0.226 e. The molecule has 1 saturated heterocycles. The quantitative estimate of drug-likeness (QED) is 0.621. The predicted molar refractivity (Wildman–Crippen MR) is 71.8 cm³/mol. The average molecular weight is 251 g/mol. The monoisotopic (exact) mass is 251 g/mol. The fourth-order valence-corrected chi connectivity index (χ4v) is 2.98. The van der Waals surface area contributed by atoms with Gasteiger partial charge in [-0.15, -0.1) is 0 Å². The molecule has 0 aliphatic carbocycles. The first kappa shape index (κ1) is 12.2. The zero-order chi connectivity index (χ0) is 12.3. The van der Waals surface area contributed by atoms with E-state index in [1.165, 1.54) is 0 Å². The van der Waals surface area contributed by atoms with Crippen molar-refractivity contribution >= 4 is 23.5 Å². The van der Waals surface area contributed by atoms with E-state index in [4.69, 9.17) is 11.1 Å². The van der Waals surface area contributed by atoms with Gasteiger partial charge in [0.05, 0.1) is 0 Å². The lowest BCUT2D eigenvalue weighted by atomic mass is 10.3. The van der Waals surface area contributed by atoms with E-state index in [0.29, 0.717) is 16.9 Å². The molecule has 3 N–H and O–H groups in total. The Balaban J connectivity index is 2.16. The Kier molecular flexibility index (Phi) is 3.83. The number of nitrogens with one attached hydrogen (secondary N) is 1. The molecule has 0 amide bonds. The van der Waals surface area contributed by atoms with Crippen LogP contribution >= 0.6 is 11.8 Å². The molecule has 1 aromatic heterocycles. The van der Waals surface area contributed by atoms with Gasteiger partial charge in [-0.3, -0.25) is 5.41 Å². The minimum atomic E-state index is -0.00734. The molecular weight excluding hydrogens is 234 g/mol. The van der Waals surface area contributed by atoms with Gasteiger partial charge in [-0.1, -0.05) is 6.92 Å². The molecule has 17 heavy (non-hydrogen) atoms. The Hall–Kier alpha value is -1.30. The molecule has 92 valence electrons. The first-order valence-electron chi connectivity index (χ1n) is 5.74. The van der Waals surface area contributed by atoms with Gasteiger partial charge in [0.1, 0.15) is 11.5 Å². The lowest BCUT2D eigenvalue weighted by Gasteiger charge is -2.31. The van der Waals surface area contributed by atoms with Crippen molar-refractivity contribution in [2.24, 2.45) is 5.73 Å². The standard InChI is InChI=1S/C11H17N5S/c1-2-8-7-16(5-6-17-8)11-14-4-3-9(15-11)10(12)13/h3-4,8H,2,5-7H2,1H3,(H3,12,13). The average Bonchev–Trinajstić information content (AvgIpc) is 2.39. The number of rotatable bonds is 3. The summed E-state index contributed by atoms with van der Waals surface area (Å²) in [6.45, 7) is 4.14. The number of nitrogens with zero attached hydrogens (tertiary/aromatic N) is 3. The molecule has 1 aromatic rings. The van der Waals surface area contributed by atoms with Crippen LogP contribution in [0.1, 0.15) is 19.0 Å². The van der Waals surface area contributed by atoms with Crippen molar-refractivity contribution in [2.45, 2.75) is 18.6 Å². The highest BCUT2D eigenvalue weighted by Gasteiger charge is 2.21. The third-order valence-electron chi connectivity index (χ3n) is 2.80. The van der Waals surface area contributed by atoms with Crippen molar-refractivity contribution in [3.05, 3.63) is 18.0 Å². The number of nitrogen functional groups attached to an aromatic ring is 1. The number of aromatic nitrogens is 2. The van der Waals surface area contributed by atoms with Crippen LogP contribution < -0.4 is 10.6 Å². The van der Waals surface area contributed by atoms with Crippen LogP contribution in [0.4, 0.5) is 5.95 Å². The number of anilines is 1. The van der Waals surface area contributed by atoms with E-state index in [1.807, 2.05) is 11.8 Å². The molecule has 2 rings (SSSR count). The van der Waals surface area contributed by atoms with E-state index < -0.39 is 0 Å². The fourth-order valence-electron chi connectivity index (χ4n) is 1.80. The number of hydrogen-bond donors (Lipinski definition) is 2. The van der Waals surface area contributed by atoms with Crippen molar-refractivity contribution in [1.82, 2.24) is 9.97 Å². The molecule has 1 aliphatic rings. The summed E-state index contributed by atoms with van der Waals surface area (Å²) in [4.78, 5) is 10.8. The summed E-state index contributed by atoms with van der Waals surface area (Å²) >= 11 is 2.01. The fraction of sp³-hybridized carbons (Fsp3) is 0.545. The molecule has 6 heteroatoms. The van der Waals surface area contributed by atoms with Gasteiger partial charge in [0.2, 0.25) is 5.95 Å². The molecule has 0 saturated carbocycles. The SMILES string of the molecule is CCC1CN(c2nccc(C(=N)N)n2)CCS1. The van der Waals surface area contributed by atoms with Crippen molar-refractivity contribution in [3.63, 3.8) is 0 Å². The summed E-state index contributed by atoms with van der Waals surface area (Å²) in [6.07, 6.45) is 2.83. The van der Waals surface area contributed by atoms with Gasteiger partial charge < -0.3 is 10.6 Å². The van der Waals surface area contributed by atoms with Gasteiger partial charge in [-0.2, -0.15) is 11.8 Å². The molecule has 1 unspecified atom stereocenters. The molecule has 0 bridgehead atoms. The number of hydrogen-bond acceptors (Lipinski definition) is 5. The van der Waals surface area contributed by atoms with Gasteiger partial charge >= 0.3 is 0 Å². The van der Waals surface area contributed by atoms with Gasteiger partial charge in [0.25, 0.3) is 0 Å². The normalized spacial score (nSPS) is 20.3. The Morgan fingerprint density at radius 2 is 2.53 bits per heavy atom. The second kappa shape index (κ2) is 5.35. The summed E-state index contributed by atoms with van der Waals surface area (Å²) < 4.78 is 0. The molecule has 5 nitrogen and oxygen atoms in total. The zero-order valence-electron chi connectivity index (χ0n) is 9.89. The zero-order valence-corrected chi connectivity index (χ0v) is 10.7. The Morgan fingerprint density at radius 1 is 1.71 bits per heavy atom. The number of amidine groups is 1. The van der Waals surface area contributed by atoms with Crippen LogP contribution in [0.15, 0.2) is 12.3 Å². The highest BCUT2D eigenvalue weighted by Crippen LogP contribution is 2.23. The van der Waals surface area contributed by atoms with Crippen LogP contribution in [0.2, 0.25) is 0 Å². The highest BCUT2D eigenvalue weighted by molar-refractivity contribution is 8.00. The first-order valence-corrected chi connectivity index (χ1v) is 6.79. The summed E-state index contributed by atoms with van der Waals surface area (Å²) in [6, 6.07) is 1.67. The molecule has 0 radical (unpaired) electrons. The summed E-state index contributed by atoms with van der Waals surface area (Å²) in [5.74, 6) is 1.79. The van der Waals surface area contributed by atoms with Crippen molar-refractivity contribution in [2.75, 3.05) is 23.7 Å². The first-order chi connectivity index (χ1) is 8.20. The Bertz CT molecular complexity index is 409. The molecule has 1 fully saturated rings. The molecule has 0 aromatic carbocycles. The third-order valence-corrected chi connectivity index (χ3v) is 4.17. The van der Waals surface area contributed by atoms with Crippen LogP contribution in [0.5, 0.6) is 0 Å². The minimum absolute atomic E-state index is 0.00734. The summed E-state index contributed by atoms with van der Waals surface area (Å²) in [5.41, 5.74) is 5.94. The topological polar surface area (TPSA) is 78.9 Å². The maximum absolute atomic E-state index is 7.39. The molecule has 0 spiro atoms. The lowest BCUT2D eigenvalue weighted by molar-refractivity contribution is 0.709. The van der Waals surface area contributed by atoms with E-state index in [2.05, 4.69) is 21.8 Å². The Morgan fingerprint density at radius 3 is 3.24 bits per heavy atom. The van der Waals surface area contributed by atoms with Crippen LogP contribution in [-0.4, -0.2) is 39.9 Å². The van der Waals surface area contributed by atoms with E-state index >= 15 is 0 Å². The maximum atomic E-state index is 7.39. The van der Waals surface area contributed by atoms with E-state index in [0.717, 1.165) is 25.3 Å². The van der Waals surface area contributed by atoms with Crippen molar-refractivity contribution < 1.29 is 0 Å². The Labute approximate surface area is 105 Å². The van der Waals surface area contributed by atoms with Crippen molar-refractivity contribution in [1.29, 1.82) is 5.41 Å². The summed E-state index contributed by atoms with van der Waals surface area (Å²) in [7, 11) is 0. The van der Waals surface area contributed by atoms with Crippen LogP contribution in [-0.2, 0) is 0 Å². The number of thioether (sulfide) groups is 1. The second-order valence-electron chi connectivity index (χ2n) is 4.00. The lowest BCUT2D eigenvalue weighted by Crippen LogP contribution is -2.38. The number of nitrogens with two attached hydrogens (primary N) is 1. The second-order valence-corrected chi connectivity index (χ2v) is 5.41. The van der Waals surface area contributed by atoms with Crippen LogP contribution in [0.3, 0.4) is 0 Å².